The standard InChI is InChI=1S/C25H33NO2/c27-18-6-11-23-24-12-5-14-25(23,21-9-4-10-22(28)19-21)15-17-26(24)16-13-20-7-2-1-3-8-20/h1-4,7-10,19,23-24,27-28H,5-6,11-18H2/t23-,24-,25?/m0/s1. The van der Waals surface area contributed by atoms with Crippen molar-refractivity contribution in [3.8, 4) is 5.75 Å². The molecule has 28 heavy (non-hydrogen) atoms. The zero-order chi connectivity index (χ0) is 19.4. The van der Waals surface area contributed by atoms with Crippen LogP contribution < -0.4 is 0 Å². The summed E-state index contributed by atoms with van der Waals surface area (Å²) in [5.74, 6) is 0.932. The lowest BCUT2D eigenvalue weighted by Crippen LogP contribution is -2.59. The van der Waals surface area contributed by atoms with E-state index in [1.54, 1.807) is 6.07 Å². The molecule has 3 heteroatoms. The predicted octanol–water partition coefficient (Wildman–Crippen LogP) is 4.52. The van der Waals surface area contributed by atoms with Gasteiger partial charge in [-0.05, 0) is 74.2 Å². The van der Waals surface area contributed by atoms with Crippen LogP contribution in [0.1, 0.15) is 49.7 Å². The van der Waals surface area contributed by atoms with E-state index in [1.165, 1.54) is 30.4 Å². The summed E-state index contributed by atoms with van der Waals surface area (Å²) in [5, 5.41) is 19.6. The van der Waals surface area contributed by atoms with Crippen molar-refractivity contribution in [3.05, 3.63) is 65.7 Å². The predicted molar refractivity (Wildman–Crippen MR) is 114 cm³/mol. The van der Waals surface area contributed by atoms with Gasteiger partial charge in [-0.15, -0.1) is 0 Å². The van der Waals surface area contributed by atoms with Gasteiger partial charge in [0.2, 0.25) is 0 Å². The summed E-state index contributed by atoms with van der Waals surface area (Å²) in [4.78, 5) is 2.72. The Bertz CT molecular complexity index is 762. The normalized spacial score (nSPS) is 27.6. The summed E-state index contributed by atoms with van der Waals surface area (Å²) in [5.41, 5.74) is 2.87. The van der Waals surface area contributed by atoms with E-state index in [0.29, 0.717) is 17.7 Å². The van der Waals surface area contributed by atoms with Gasteiger partial charge in [-0.1, -0.05) is 48.9 Å². The fourth-order valence-electron chi connectivity index (χ4n) is 5.93. The molecule has 150 valence electrons. The van der Waals surface area contributed by atoms with Gasteiger partial charge < -0.3 is 10.2 Å². The molecule has 2 aromatic rings. The second-order valence-corrected chi connectivity index (χ2v) is 8.66. The third-order valence-corrected chi connectivity index (χ3v) is 7.24. The lowest BCUT2D eigenvalue weighted by molar-refractivity contribution is -0.0180. The first-order valence-electron chi connectivity index (χ1n) is 10.9. The number of likely N-dealkylation sites (tertiary alicyclic amines) is 1. The van der Waals surface area contributed by atoms with Crippen LogP contribution in [0.4, 0.5) is 0 Å². The monoisotopic (exact) mass is 379 g/mol. The van der Waals surface area contributed by atoms with Crippen LogP contribution in [0.3, 0.4) is 0 Å². The van der Waals surface area contributed by atoms with Crippen LogP contribution in [-0.4, -0.2) is 40.9 Å². The van der Waals surface area contributed by atoms with Crippen molar-refractivity contribution in [2.45, 2.75) is 56.4 Å². The molecule has 2 aliphatic rings. The van der Waals surface area contributed by atoms with E-state index in [2.05, 4.69) is 41.3 Å². The highest BCUT2D eigenvalue weighted by molar-refractivity contribution is 5.35. The van der Waals surface area contributed by atoms with Crippen molar-refractivity contribution in [1.29, 1.82) is 0 Å². The van der Waals surface area contributed by atoms with Crippen LogP contribution >= 0.6 is 0 Å². The molecular formula is C25H33NO2. The number of aromatic hydroxyl groups is 1. The second-order valence-electron chi connectivity index (χ2n) is 8.66. The van der Waals surface area contributed by atoms with Crippen molar-refractivity contribution >= 4 is 0 Å². The Balaban J connectivity index is 1.57. The van der Waals surface area contributed by atoms with Crippen LogP contribution in [0.2, 0.25) is 0 Å². The first-order chi connectivity index (χ1) is 13.7. The van der Waals surface area contributed by atoms with Gasteiger partial charge in [0.1, 0.15) is 5.75 Å². The number of hydrogen-bond donors (Lipinski definition) is 2. The molecule has 2 aromatic carbocycles. The lowest BCUT2D eigenvalue weighted by Gasteiger charge is -2.57. The number of phenolic OH excluding ortho intramolecular Hbond substituents is 1. The van der Waals surface area contributed by atoms with Gasteiger partial charge in [-0.25, -0.2) is 0 Å². The van der Waals surface area contributed by atoms with Crippen molar-refractivity contribution in [1.82, 2.24) is 4.90 Å². The molecule has 3 nitrogen and oxygen atoms in total. The van der Waals surface area contributed by atoms with E-state index >= 15 is 0 Å². The van der Waals surface area contributed by atoms with Crippen molar-refractivity contribution in [2.24, 2.45) is 5.92 Å². The van der Waals surface area contributed by atoms with E-state index in [-0.39, 0.29) is 12.0 Å². The maximum Gasteiger partial charge on any atom is 0.115 e. The van der Waals surface area contributed by atoms with Crippen molar-refractivity contribution < 1.29 is 10.2 Å². The van der Waals surface area contributed by atoms with E-state index < -0.39 is 0 Å². The van der Waals surface area contributed by atoms with Crippen LogP contribution in [0.25, 0.3) is 0 Å². The summed E-state index contributed by atoms with van der Waals surface area (Å²) in [7, 11) is 0. The smallest absolute Gasteiger partial charge is 0.115 e. The molecule has 2 N–H and O–H groups in total. The van der Waals surface area contributed by atoms with E-state index in [9.17, 15) is 10.2 Å². The second kappa shape index (κ2) is 8.67. The van der Waals surface area contributed by atoms with Gasteiger partial charge in [0.15, 0.2) is 0 Å². The Hall–Kier alpha value is -1.84. The van der Waals surface area contributed by atoms with Gasteiger partial charge in [0.25, 0.3) is 0 Å². The summed E-state index contributed by atoms with van der Waals surface area (Å²) >= 11 is 0. The summed E-state index contributed by atoms with van der Waals surface area (Å²) in [6, 6.07) is 19.4. The van der Waals surface area contributed by atoms with Gasteiger partial charge in [-0.3, -0.25) is 4.90 Å². The highest BCUT2D eigenvalue weighted by atomic mass is 16.3. The fraction of sp³-hybridized carbons (Fsp3) is 0.520. The van der Waals surface area contributed by atoms with Crippen LogP contribution in [0, 0.1) is 5.92 Å². The molecule has 0 radical (unpaired) electrons. The van der Waals surface area contributed by atoms with E-state index in [0.717, 1.165) is 38.8 Å². The molecule has 0 aromatic heterocycles. The quantitative estimate of drug-likeness (QED) is 0.743. The van der Waals surface area contributed by atoms with Gasteiger partial charge in [0.05, 0.1) is 0 Å². The summed E-state index contributed by atoms with van der Waals surface area (Å²) in [6.45, 7) is 2.51. The summed E-state index contributed by atoms with van der Waals surface area (Å²) < 4.78 is 0. The Morgan fingerprint density at radius 1 is 1.04 bits per heavy atom. The molecule has 1 saturated heterocycles. The maximum absolute atomic E-state index is 10.1. The Morgan fingerprint density at radius 3 is 2.68 bits per heavy atom. The Labute approximate surface area is 169 Å². The highest BCUT2D eigenvalue weighted by Gasteiger charge is 2.50. The van der Waals surface area contributed by atoms with Gasteiger partial charge in [0, 0.05) is 24.6 Å². The minimum absolute atomic E-state index is 0.153. The molecule has 4 rings (SSSR count). The summed E-state index contributed by atoms with van der Waals surface area (Å²) in [6.07, 6.45) is 7.90. The average Bonchev–Trinajstić information content (AvgIpc) is 2.72. The molecule has 1 heterocycles. The molecule has 0 amide bonds. The minimum Gasteiger partial charge on any atom is -0.508 e. The van der Waals surface area contributed by atoms with E-state index in [1.807, 2.05) is 12.1 Å². The molecule has 3 atom stereocenters. The number of fused-ring (bicyclic) bond motifs is 2. The van der Waals surface area contributed by atoms with Crippen LogP contribution in [0.5, 0.6) is 5.75 Å². The Kier molecular flexibility index (Phi) is 6.03. The van der Waals surface area contributed by atoms with Crippen LogP contribution in [-0.2, 0) is 11.8 Å². The number of aliphatic hydroxyl groups is 1. The maximum atomic E-state index is 10.1. The number of hydrogen-bond acceptors (Lipinski definition) is 3. The third-order valence-electron chi connectivity index (χ3n) is 7.24. The zero-order valence-corrected chi connectivity index (χ0v) is 16.8. The lowest BCUT2D eigenvalue weighted by atomic mass is 9.55. The number of benzene rings is 2. The first kappa shape index (κ1) is 19.5. The van der Waals surface area contributed by atoms with Gasteiger partial charge >= 0.3 is 0 Å². The number of phenols is 1. The fourth-order valence-corrected chi connectivity index (χ4v) is 5.93. The molecule has 1 aliphatic carbocycles. The topological polar surface area (TPSA) is 43.7 Å². The van der Waals surface area contributed by atoms with Crippen molar-refractivity contribution in [3.63, 3.8) is 0 Å². The van der Waals surface area contributed by atoms with E-state index in [4.69, 9.17) is 0 Å². The van der Waals surface area contributed by atoms with Gasteiger partial charge in [-0.2, -0.15) is 0 Å². The molecule has 1 aliphatic heterocycles. The highest BCUT2D eigenvalue weighted by Crippen LogP contribution is 2.53. The minimum atomic E-state index is 0.153. The number of rotatable bonds is 7. The average molecular weight is 380 g/mol. The number of aliphatic hydroxyl groups excluding tert-OH is 1. The van der Waals surface area contributed by atoms with Crippen LogP contribution in [0.15, 0.2) is 54.6 Å². The third kappa shape index (κ3) is 3.83. The molecular weight excluding hydrogens is 346 g/mol. The largest absolute Gasteiger partial charge is 0.508 e. The van der Waals surface area contributed by atoms with Crippen molar-refractivity contribution in [2.75, 3.05) is 19.7 Å². The SMILES string of the molecule is OCCC[C@H]1[C@@H]2CCCC1(c1cccc(O)c1)CCN2CCc1ccccc1. The molecule has 1 saturated carbocycles. The zero-order valence-electron chi connectivity index (χ0n) is 16.8. The molecule has 2 bridgehead atoms. The number of piperidine rings is 1. The Morgan fingerprint density at radius 2 is 1.89 bits per heavy atom. The molecule has 1 unspecified atom stereocenters. The number of nitrogens with zero attached hydrogens (tertiary/aromatic N) is 1. The molecule has 2 fully saturated rings. The first-order valence-corrected chi connectivity index (χ1v) is 10.9. The molecule has 0 spiro atoms.